The molecule has 0 aliphatic carbocycles. The summed E-state index contributed by atoms with van der Waals surface area (Å²) in [5.41, 5.74) is 2.87. The average Bonchev–Trinajstić information content (AvgIpc) is 2.35. The van der Waals surface area contributed by atoms with Crippen LogP contribution >= 0.6 is 0 Å². The van der Waals surface area contributed by atoms with Gasteiger partial charge in [-0.15, -0.1) is 0 Å². The molecule has 1 aromatic rings. The van der Waals surface area contributed by atoms with Crippen LogP contribution in [0.15, 0.2) is 18.2 Å². The molecule has 1 aromatic carbocycles. The lowest BCUT2D eigenvalue weighted by Crippen LogP contribution is -2.38. The molecule has 2 heteroatoms. The minimum atomic E-state index is -0.562. The quantitative estimate of drug-likeness (QED) is 0.829. The summed E-state index contributed by atoms with van der Waals surface area (Å²) in [5.74, 6) is 0. The zero-order valence-corrected chi connectivity index (χ0v) is 12.3. The van der Waals surface area contributed by atoms with Gasteiger partial charge in [0, 0.05) is 6.61 Å². The van der Waals surface area contributed by atoms with Gasteiger partial charge < -0.3 is 9.84 Å². The molecule has 1 N–H and O–H groups in total. The molecule has 18 heavy (non-hydrogen) atoms. The number of hydrogen-bond acceptors (Lipinski definition) is 2. The molecule has 0 fully saturated rings. The van der Waals surface area contributed by atoms with E-state index in [2.05, 4.69) is 26.8 Å². The molecule has 0 bridgehead atoms. The second kappa shape index (κ2) is 6.35. The van der Waals surface area contributed by atoms with Gasteiger partial charge in [0.1, 0.15) is 6.10 Å². The van der Waals surface area contributed by atoms with E-state index in [-0.39, 0.29) is 0 Å². The van der Waals surface area contributed by atoms with Gasteiger partial charge in [-0.1, -0.05) is 37.6 Å². The highest BCUT2D eigenvalue weighted by molar-refractivity contribution is 5.33. The van der Waals surface area contributed by atoms with Crippen molar-refractivity contribution >= 4 is 0 Å². The number of aliphatic hydroxyl groups excluding tert-OH is 1. The summed E-state index contributed by atoms with van der Waals surface area (Å²) < 4.78 is 5.88. The first-order chi connectivity index (χ1) is 8.50. The van der Waals surface area contributed by atoms with Crippen molar-refractivity contribution in [1.29, 1.82) is 0 Å². The monoisotopic (exact) mass is 250 g/mol. The van der Waals surface area contributed by atoms with E-state index in [1.54, 1.807) is 0 Å². The predicted molar refractivity (Wildman–Crippen MR) is 75.8 cm³/mol. The van der Waals surface area contributed by atoms with Gasteiger partial charge in [0.25, 0.3) is 0 Å². The number of aryl methyl sites for hydroxylation is 2. The normalized spacial score (nSPS) is 13.7. The maximum absolute atomic E-state index is 10.7. The molecule has 0 aromatic heterocycles. The minimum absolute atomic E-state index is 0.464. The predicted octanol–water partition coefficient (Wildman–Crippen LogP) is 3.93. The number of rotatable bonds is 6. The summed E-state index contributed by atoms with van der Waals surface area (Å²) in [5, 5.41) is 10.7. The van der Waals surface area contributed by atoms with Crippen LogP contribution in [0, 0.1) is 13.8 Å². The van der Waals surface area contributed by atoms with Crippen molar-refractivity contribution in [3.63, 3.8) is 0 Å². The Morgan fingerprint density at radius 1 is 1.17 bits per heavy atom. The Morgan fingerprint density at radius 2 is 1.78 bits per heavy atom. The number of ether oxygens (including phenoxy) is 1. The molecule has 102 valence electrons. The zero-order valence-electron chi connectivity index (χ0n) is 12.3. The molecule has 0 spiro atoms. The first-order valence-corrected chi connectivity index (χ1v) is 6.89. The fraction of sp³-hybridized carbons (Fsp3) is 0.625. The summed E-state index contributed by atoms with van der Waals surface area (Å²) in [6.07, 6.45) is 1.06. The second-order valence-electron chi connectivity index (χ2n) is 4.97. The molecule has 0 amide bonds. The van der Waals surface area contributed by atoms with Crippen molar-refractivity contribution in [2.24, 2.45) is 0 Å². The summed E-state index contributed by atoms with van der Waals surface area (Å²) in [6.45, 7) is 10.9. The van der Waals surface area contributed by atoms with Crippen molar-refractivity contribution in [1.82, 2.24) is 0 Å². The molecule has 0 radical (unpaired) electrons. The Labute approximate surface area is 111 Å². The topological polar surface area (TPSA) is 29.5 Å². The van der Waals surface area contributed by atoms with Crippen LogP contribution in [-0.4, -0.2) is 17.3 Å². The molecule has 0 saturated carbocycles. The van der Waals surface area contributed by atoms with Gasteiger partial charge in [0.05, 0.1) is 5.60 Å². The Kier molecular flexibility index (Phi) is 5.36. The van der Waals surface area contributed by atoms with Crippen LogP contribution in [0.25, 0.3) is 0 Å². The van der Waals surface area contributed by atoms with Crippen molar-refractivity contribution < 1.29 is 9.84 Å². The van der Waals surface area contributed by atoms with Gasteiger partial charge >= 0.3 is 0 Å². The van der Waals surface area contributed by atoms with Gasteiger partial charge in [-0.25, -0.2) is 0 Å². The van der Waals surface area contributed by atoms with Gasteiger partial charge in [0.2, 0.25) is 0 Å². The van der Waals surface area contributed by atoms with E-state index in [4.69, 9.17) is 4.74 Å². The second-order valence-corrected chi connectivity index (χ2v) is 4.97. The highest BCUT2D eigenvalue weighted by Crippen LogP contribution is 2.36. The van der Waals surface area contributed by atoms with Gasteiger partial charge in [0.15, 0.2) is 0 Å². The SMILES string of the molecule is CCOC(CC)(CC)C(O)c1ccc(C)cc1C. The summed E-state index contributed by atoms with van der Waals surface area (Å²) in [7, 11) is 0. The van der Waals surface area contributed by atoms with E-state index < -0.39 is 11.7 Å². The third kappa shape index (κ3) is 2.93. The molecular weight excluding hydrogens is 224 g/mol. The van der Waals surface area contributed by atoms with E-state index >= 15 is 0 Å². The van der Waals surface area contributed by atoms with Crippen molar-refractivity contribution in [2.45, 2.75) is 59.2 Å². The van der Waals surface area contributed by atoms with Gasteiger partial charge in [-0.2, -0.15) is 0 Å². The van der Waals surface area contributed by atoms with Crippen molar-refractivity contribution in [2.75, 3.05) is 6.61 Å². The first-order valence-electron chi connectivity index (χ1n) is 6.89. The van der Waals surface area contributed by atoms with E-state index in [1.165, 1.54) is 5.56 Å². The standard InChI is InChI=1S/C16H26O2/c1-6-16(7-2,18-8-3)15(17)14-10-9-12(4)11-13(14)5/h9-11,15,17H,6-8H2,1-5H3. The third-order valence-corrected chi connectivity index (χ3v) is 3.85. The number of benzene rings is 1. The number of aliphatic hydroxyl groups is 1. The number of hydrogen-bond donors (Lipinski definition) is 1. The van der Waals surface area contributed by atoms with Crippen LogP contribution in [0.2, 0.25) is 0 Å². The van der Waals surface area contributed by atoms with Crippen LogP contribution in [-0.2, 0) is 4.74 Å². The lowest BCUT2D eigenvalue weighted by Gasteiger charge is -2.37. The van der Waals surface area contributed by atoms with Crippen LogP contribution in [0.3, 0.4) is 0 Å². The third-order valence-electron chi connectivity index (χ3n) is 3.85. The zero-order chi connectivity index (χ0) is 13.8. The van der Waals surface area contributed by atoms with E-state index in [0.29, 0.717) is 6.61 Å². The van der Waals surface area contributed by atoms with Crippen molar-refractivity contribution in [3.05, 3.63) is 34.9 Å². The Hall–Kier alpha value is -0.860. The molecule has 2 nitrogen and oxygen atoms in total. The Morgan fingerprint density at radius 3 is 2.22 bits per heavy atom. The maximum atomic E-state index is 10.7. The van der Waals surface area contributed by atoms with E-state index in [1.807, 2.05) is 26.0 Å². The van der Waals surface area contributed by atoms with E-state index in [0.717, 1.165) is 24.0 Å². The molecule has 0 heterocycles. The van der Waals surface area contributed by atoms with Gasteiger partial charge in [-0.05, 0) is 44.7 Å². The fourth-order valence-corrected chi connectivity index (χ4v) is 2.62. The lowest BCUT2D eigenvalue weighted by molar-refractivity contribution is -0.127. The van der Waals surface area contributed by atoms with Crippen LogP contribution in [0.1, 0.15) is 56.4 Å². The lowest BCUT2D eigenvalue weighted by atomic mass is 9.84. The summed E-state index contributed by atoms with van der Waals surface area (Å²) in [6, 6.07) is 6.18. The summed E-state index contributed by atoms with van der Waals surface area (Å²) in [4.78, 5) is 0. The summed E-state index contributed by atoms with van der Waals surface area (Å²) >= 11 is 0. The Bertz CT molecular complexity index is 381. The fourth-order valence-electron chi connectivity index (χ4n) is 2.62. The average molecular weight is 250 g/mol. The molecule has 0 aliphatic heterocycles. The van der Waals surface area contributed by atoms with Crippen molar-refractivity contribution in [3.8, 4) is 0 Å². The molecular formula is C16H26O2. The van der Waals surface area contributed by atoms with Crippen LogP contribution in [0.5, 0.6) is 0 Å². The highest BCUT2D eigenvalue weighted by Gasteiger charge is 2.36. The molecule has 0 aliphatic rings. The van der Waals surface area contributed by atoms with E-state index in [9.17, 15) is 5.11 Å². The highest BCUT2D eigenvalue weighted by atomic mass is 16.5. The maximum Gasteiger partial charge on any atom is 0.108 e. The smallest absolute Gasteiger partial charge is 0.108 e. The molecule has 1 atom stereocenters. The minimum Gasteiger partial charge on any atom is -0.385 e. The molecule has 1 rings (SSSR count). The molecule has 1 unspecified atom stereocenters. The Balaban J connectivity index is 3.12. The van der Waals surface area contributed by atoms with Crippen LogP contribution in [0.4, 0.5) is 0 Å². The largest absolute Gasteiger partial charge is 0.385 e. The van der Waals surface area contributed by atoms with Crippen LogP contribution < -0.4 is 0 Å². The van der Waals surface area contributed by atoms with Gasteiger partial charge in [-0.3, -0.25) is 0 Å². The molecule has 0 saturated heterocycles. The first kappa shape index (κ1) is 15.2.